The zero-order valence-electron chi connectivity index (χ0n) is 18.9. The lowest BCUT2D eigenvalue weighted by molar-refractivity contribution is -0.978. The minimum atomic E-state index is 0.328. The molecule has 0 amide bonds. The summed E-state index contributed by atoms with van der Waals surface area (Å²) in [6.45, 7) is 31.8. The summed E-state index contributed by atoms with van der Waals surface area (Å²) in [5.41, 5.74) is 1.96. The molecular weight excluding hydrogens is 266 g/mol. The van der Waals surface area contributed by atoms with Crippen LogP contribution in [0.1, 0.15) is 96.9 Å². The van der Waals surface area contributed by atoms with Crippen molar-refractivity contribution in [2.24, 2.45) is 16.2 Å². The second kappa shape index (κ2) is 6.46. The van der Waals surface area contributed by atoms with Crippen molar-refractivity contribution in [3.8, 4) is 0 Å². The van der Waals surface area contributed by atoms with Crippen LogP contribution in [0.25, 0.3) is 0 Å². The Morgan fingerprint density at radius 2 is 0.636 bits per heavy atom. The summed E-state index contributed by atoms with van der Waals surface area (Å²) in [6.07, 6.45) is 0. The Hall–Kier alpha value is -0.0400. The van der Waals surface area contributed by atoms with E-state index in [0.717, 1.165) is 4.48 Å². The topological polar surface area (TPSA) is 0 Å². The molecule has 2 aliphatic rings. The fourth-order valence-corrected chi connectivity index (χ4v) is 5.91. The predicted molar refractivity (Wildman–Crippen MR) is 104 cm³/mol. The van der Waals surface area contributed by atoms with Crippen LogP contribution in [0.15, 0.2) is 0 Å². The summed E-state index contributed by atoms with van der Waals surface area (Å²) < 4.78 is 1.12. The molecule has 2 unspecified atom stereocenters. The summed E-state index contributed by atoms with van der Waals surface area (Å²) in [5, 5.41) is 0. The first kappa shape index (κ1) is 24.2. The van der Waals surface area contributed by atoms with E-state index in [-0.39, 0.29) is 0 Å². The smallest absolute Gasteiger partial charge is 0.100 e. The lowest BCUT2D eigenvalue weighted by atomic mass is 9.77. The number of hydrogen-bond acceptors (Lipinski definition) is 0. The zero-order chi connectivity index (χ0) is 19.0. The van der Waals surface area contributed by atoms with Crippen molar-refractivity contribution in [3.63, 3.8) is 0 Å². The first-order valence-electron chi connectivity index (χ1n) is 9.59. The highest BCUT2D eigenvalue weighted by atomic mass is 15.5. The largest absolute Gasteiger partial charge is 0.319 e. The first-order chi connectivity index (χ1) is 9.75. The quantitative estimate of drug-likeness (QED) is 0.433. The second-order valence-electron chi connectivity index (χ2n) is 8.45. The average molecular weight is 315 g/mol. The molecule has 0 aromatic heterocycles. The summed E-state index contributed by atoms with van der Waals surface area (Å²) in [4.78, 5) is 0. The molecule has 1 aliphatic carbocycles. The molecule has 0 aromatic carbocycles. The molecule has 22 heavy (non-hydrogen) atoms. The van der Waals surface area contributed by atoms with Gasteiger partial charge < -0.3 is 4.48 Å². The van der Waals surface area contributed by atoms with Gasteiger partial charge in [0.25, 0.3) is 0 Å². The van der Waals surface area contributed by atoms with Crippen LogP contribution in [0.2, 0.25) is 0 Å². The van der Waals surface area contributed by atoms with Gasteiger partial charge >= 0.3 is 0 Å². The Kier molecular flexibility index (Phi) is 7.11. The lowest BCUT2D eigenvalue weighted by Crippen LogP contribution is -2.67. The molecular formula is C21H48N+. The van der Waals surface area contributed by atoms with Crippen LogP contribution in [0.4, 0.5) is 0 Å². The van der Waals surface area contributed by atoms with Gasteiger partial charge in [-0.3, -0.25) is 0 Å². The van der Waals surface area contributed by atoms with Crippen LogP contribution in [0.5, 0.6) is 0 Å². The van der Waals surface area contributed by atoms with Gasteiger partial charge in [-0.1, -0.05) is 69.2 Å². The number of rotatable bonds is 0. The molecule has 2 atom stereocenters. The Balaban J connectivity index is 0. The third-order valence-corrected chi connectivity index (χ3v) is 8.68. The number of piperidine rings is 1. The molecule has 136 valence electrons. The van der Waals surface area contributed by atoms with Gasteiger partial charge in [0.15, 0.2) is 0 Å². The van der Waals surface area contributed by atoms with Crippen molar-refractivity contribution in [3.05, 3.63) is 0 Å². The summed E-state index contributed by atoms with van der Waals surface area (Å²) in [6, 6.07) is 0. The first-order valence-corrected chi connectivity index (χ1v) is 9.59. The minimum Gasteiger partial charge on any atom is -0.319 e. The summed E-state index contributed by atoms with van der Waals surface area (Å²) >= 11 is 0. The van der Waals surface area contributed by atoms with E-state index in [1.165, 1.54) is 0 Å². The molecule has 0 N–H and O–H groups in total. The highest BCUT2D eigenvalue weighted by molar-refractivity contribution is 5.37. The maximum absolute atomic E-state index is 2.52. The Labute approximate surface area is 143 Å². The van der Waals surface area contributed by atoms with E-state index in [1.807, 2.05) is 41.5 Å². The SMILES string of the molecule is CC.CC.CC.CC1(C)C2(C)C1(C)C(C)(C)[N+](C)(C)C2(C)C. The fraction of sp³-hybridized carbons (Fsp3) is 1.00. The number of nitrogens with zero attached hydrogens (tertiary/aromatic N) is 1. The normalized spacial score (nSPS) is 37.1. The molecule has 1 saturated heterocycles. The molecule has 1 heterocycles. The van der Waals surface area contributed by atoms with E-state index in [4.69, 9.17) is 0 Å². The Bertz CT molecular complexity index is 330. The number of hydrogen-bond donors (Lipinski definition) is 0. The van der Waals surface area contributed by atoms with Crippen molar-refractivity contribution in [2.75, 3.05) is 14.1 Å². The van der Waals surface area contributed by atoms with Crippen molar-refractivity contribution < 1.29 is 4.48 Å². The molecule has 1 heteroatoms. The second-order valence-corrected chi connectivity index (χ2v) is 8.45. The molecule has 0 radical (unpaired) electrons. The molecule has 1 nitrogen and oxygen atoms in total. The van der Waals surface area contributed by atoms with E-state index >= 15 is 0 Å². The predicted octanol–water partition coefficient (Wildman–Crippen LogP) is 6.76. The average Bonchev–Trinajstić information content (AvgIpc) is 2.84. The Morgan fingerprint density at radius 1 is 0.455 bits per heavy atom. The number of quaternary nitrogens is 1. The van der Waals surface area contributed by atoms with Gasteiger partial charge in [0.2, 0.25) is 0 Å². The van der Waals surface area contributed by atoms with Gasteiger partial charge in [-0.2, -0.15) is 0 Å². The van der Waals surface area contributed by atoms with Gasteiger partial charge in [0, 0.05) is 10.8 Å². The summed E-state index contributed by atoms with van der Waals surface area (Å²) in [7, 11) is 4.83. The molecule has 0 spiro atoms. The molecule has 0 bridgehead atoms. The standard InChI is InChI=1S/C15H30N.3C2H6/c1-11(2)14(7)12(3,4)16(9,10)13(5,6)15(11,14)8;3*1-2/h1-10H3;3*1-2H3/q+1;;;. The summed E-state index contributed by atoms with van der Waals surface area (Å²) in [5.74, 6) is 0. The van der Waals surface area contributed by atoms with E-state index in [1.54, 1.807) is 0 Å². The van der Waals surface area contributed by atoms with Crippen LogP contribution in [0.3, 0.4) is 0 Å². The number of fused-ring (bicyclic) bond motifs is 1. The maximum atomic E-state index is 2.52. The minimum absolute atomic E-state index is 0.328. The van der Waals surface area contributed by atoms with Gasteiger partial charge in [-0.05, 0) is 33.1 Å². The van der Waals surface area contributed by atoms with Crippen molar-refractivity contribution in [1.82, 2.24) is 0 Å². The van der Waals surface area contributed by atoms with Gasteiger partial charge in [-0.15, -0.1) is 0 Å². The van der Waals surface area contributed by atoms with E-state index in [2.05, 4.69) is 69.5 Å². The van der Waals surface area contributed by atoms with Crippen LogP contribution in [-0.2, 0) is 0 Å². The maximum Gasteiger partial charge on any atom is 0.100 e. The van der Waals surface area contributed by atoms with Crippen molar-refractivity contribution in [1.29, 1.82) is 0 Å². The van der Waals surface area contributed by atoms with E-state index in [0.29, 0.717) is 27.3 Å². The lowest BCUT2D eigenvalue weighted by Gasteiger charge is -2.55. The third-order valence-electron chi connectivity index (χ3n) is 8.68. The molecule has 2 fully saturated rings. The van der Waals surface area contributed by atoms with Gasteiger partial charge in [-0.25, -0.2) is 0 Å². The monoisotopic (exact) mass is 314 g/mol. The Morgan fingerprint density at radius 3 is 0.773 bits per heavy atom. The number of likely N-dealkylation sites (tertiary alicyclic amines) is 1. The zero-order valence-corrected chi connectivity index (χ0v) is 18.9. The van der Waals surface area contributed by atoms with Crippen LogP contribution in [0, 0.1) is 16.2 Å². The van der Waals surface area contributed by atoms with Crippen LogP contribution >= 0.6 is 0 Å². The highest BCUT2D eigenvalue weighted by Gasteiger charge is 2.96. The van der Waals surface area contributed by atoms with E-state index < -0.39 is 0 Å². The van der Waals surface area contributed by atoms with Crippen LogP contribution < -0.4 is 0 Å². The highest BCUT2D eigenvalue weighted by Crippen LogP contribution is 2.91. The van der Waals surface area contributed by atoms with Crippen molar-refractivity contribution in [2.45, 2.75) is 108 Å². The van der Waals surface area contributed by atoms with Crippen LogP contribution in [-0.4, -0.2) is 29.7 Å². The van der Waals surface area contributed by atoms with Gasteiger partial charge in [0.05, 0.1) is 14.1 Å². The third kappa shape index (κ3) is 1.93. The molecule has 1 aliphatic heterocycles. The molecule has 1 saturated carbocycles. The van der Waals surface area contributed by atoms with Crippen molar-refractivity contribution >= 4 is 0 Å². The fourth-order valence-electron chi connectivity index (χ4n) is 5.91. The molecule has 2 rings (SSSR count). The van der Waals surface area contributed by atoms with E-state index in [9.17, 15) is 0 Å². The van der Waals surface area contributed by atoms with Gasteiger partial charge in [0.1, 0.15) is 11.1 Å². The molecule has 0 aromatic rings.